The third kappa shape index (κ3) is 4.02. The zero-order chi connectivity index (χ0) is 22.6. The van der Waals surface area contributed by atoms with Crippen molar-refractivity contribution in [3.8, 4) is 0 Å². The minimum absolute atomic E-state index is 0.0826. The number of carbonyl (C=O) groups excluding carboxylic acids is 1. The summed E-state index contributed by atoms with van der Waals surface area (Å²) in [5, 5.41) is 1.92. The molecule has 0 bridgehead atoms. The number of nitrogens with one attached hydrogen (secondary N) is 1. The largest absolute Gasteiger partial charge is 0.471 e. The lowest BCUT2D eigenvalue weighted by molar-refractivity contribution is -0.167. The van der Waals surface area contributed by atoms with Crippen LogP contribution in [0.5, 0.6) is 0 Å². The average Bonchev–Trinajstić information content (AvgIpc) is 2.82. The Hall–Kier alpha value is -3.86. The van der Waals surface area contributed by atoms with Crippen molar-refractivity contribution in [3.05, 3.63) is 138 Å². The SMILES string of the molecule is O=C(Nc1ccc(C(c2ccccc2)(c2ccccc2)c2ccccc2)cc1)C(F)(F)F. The standard InChI is InChI=1S/C27H20F3NO/c28-27(29,30)25(32)31-24-18-16-23(17-19-24)26(20-10-4-1-5-11-20,21-12-6-2-7-13-21)22-14-8-3-9-15-22/h1-19H,(H,31,32). The van der Waals surface area contributed by atoms with Gasteiger partial charge in [0.1, 0.15) is 0 Å². The summed E-state index contributed by atoms with van der Waals surface area (Å²) in [5.74, 6) is -1.99. The van der Waals surface area contributed by atoms with Gasteiger partial charge < -0.3 is 5.32 Å². The fourth-order valence-electron chi connectivity index (χ4n) is 4.07. The molecule has 0 saturated heterocycles. The van der Waals surface area contributed by atoms with Gasteiger partial charge in [-0.15, -0.1) is 0 Å². The average molecular weight is 431 g/mol. The Labute approximate surface area is 184 Å². The highest BCUT2D eigenvalue weighted by Crippen LogP contribution is 2.45. The monoisotopic (exact) mass is 431 g/mol. The van der Waals surface area contributed by atoms with Crippen molar-refractivity contribution in [2.45, 2.75) is 11.6 Å². The van der Waals surface area contributed by atoms with Gasteiger partial charge in [-0.1, -0.05) is 103 Å². The van der Waals surface area contributed by atoms with E-state index < -0.39 is 17.5 Å². The van der Waals surface area contributed by atoms with Gasteiger partial charge in [-0.05, 0) is 34.4 Å². The maximum absolute atomic E-state index is 12.7. The van der Waals surface area contributed by atoms with E-state index in [1.165, 1.54) is 12.1 Å². The fourth-order valence-corrected chi connectivity index (χ4v) is 4.07. The molecule has 0 aliphatic heterocycles. The number of rotatable bonds is 5. The zero-order valence-electron chi connectivity index (χ0n) is 17.0. The van der Waals surface area contributed by atoms with Crippen LogP contribution in [0.1, 0.15) is 22.3 Å². The van der Waals surface area contributed by atoms with Crippen LogP contribution < -0.4 is 5.32 Å². The maximum atomic E-state index is 12.7. The van der Waals surface area contributed by atoms with Crippen LogP contribution in [0, 0.1) is 0 Å². The molecule has 0 radical (unpaired) electrons. The van der Waals surface area contributed by atoms with Crippen LogP contribution in [0.4, 0.5) is 18.9 Å². The van der Waals surface area contributed by atoms with E-state index >= 15 is 0 Å². The van der Waals surface area contributed by atoms with E-state index in [1.54, 1.807) is 12.1 Å². The maximum Gasteiger partial charge on any atom is 0.471 e. The molecule has 32 heavy (non-hydrogen) atoms. The molecule has 0 fully saturated rings. The molecule has 0 unspecified atom stereocenters. The van der Waals surface area contributed by atoms with Gasteiger partial charge in [-0.25, -0.2) is 0 Å². The van der Waals surface area contributed by atoms with Crippen molar-refractivity contribution < 1.29 is 18.0 Å². The summed E-state index contributed by atoms with van der Waals surface area (Å²) in [6, 6.07) is 36.4. The van der Waals surface area contributed by atoms with Crippen LogP contribution in [-0.2, 0) is 10.2 Å². The topological polar surface area (TPSA) is 29.1 Å². The van der Waals surface area contributed by atoms with Gasteiger partial charge in [-0.3, -0.25) is 4.79 Å². The molecule has 0 aliphatic rings. The Morgan fingerprint density at radius 3 is 1.22 bits per heavy atom. The zero-order valence-corrected chi connectivity index (χ0v) is 17.0. The second-order valence-corrected chi connectivity index (χ2v) is 7.38. The molecular weight excluding hydrogens is 411 g/mol. The summed E-state index contributed by atoms with van der Waals surface area (Å²) >= 11 is 0. The molecule has 4 rings (SSSR count). The van der Waals surface area contributed by atoms with Crippen LogP contribution in [0.2, 0.25) is 0 Å². The van der Waals surface area contributed by atoms with Gasteiger partial charge >= 0.3 is 12.1 Å². The van der Waals surface area contributed by atoms with Gasteiger partial charge in [0.25, 0.3) is 0 Å². The third-order valence-electron chi connectivity index (χ3n) is 5.45. The van der Waals surface area contributed by atoms with Crippen LogP contribution in [0.25, 0.3) is 0 Å². The summed E-state index contributed by atoms with van der Waals surface area (Å²) in [4.78, 5) is 11.3. The first kappa shape index (κ1) is 21.4. The highest BCUT2D eigenvalue weighted by molar-refractivity contribution is 5.94. The van der Waals surface area contributed by atoms with E-state index in [9.17, 15) is 18.0 Å². The van der Waals surface area contributed by atoms with Gasteiger partial charge in [0.05, 0.1) is 5.41 Å². The van der Waals surface area contributed by atoms with Crippen molar-refractivity contribution >= 4 is 11.6 Å². The van der Waals surface area contributed by atoms with Crippen molar-refractivity contribution in [1.82, 2.24) is 0 Å². The first-order valence-corrected chi connectivity index (χ1v) is 10.1. The molecular formula is C27H20F3NO. The first-order valence-electron chi connectivity index (χ1n) is 10.1. The number of hydrogen-bond donors (Lipinski definition) is 1. The second-order valence-electron chi connectivity index (χ2n) is 7.38. The molecule has 0 aliphatic carbocycles. The van der Waals surface area contributed by atoms with Crippen LogP contribution in [-0.4, -0.2) is 12.1 Å². The fraction of sp³-hybridized carbons (Fsp3) is 0.0741. The molecule has 0 spiro atoms. The van der Waals surface area contributed by atoms with Crippen molar-refractivity contribution in [3.63, 3.8) is 0 Å². The molecule has 160 valence electrons. The minimum Gasteiger partial charge on any atom is -0.318 e. The molecule has 1 amide bonds. The van der Waals surface area contributed by atoms with Crippen LogP contribution in [0.15, 0.2) is 115 Å². The highest BCUT2D eigenvalue weighted by Gasteiger charge is 2.40. The quantitative estimate of drug-likeness (QED) is 0.356. The molecule has 5 heteroatoms. The molecule has 2 nitrogen and oxygen atoms in total. The van der Waals surface area contributed by atoms with E-state index in [1.807, 2.05) is 96.3 Å². The number of amides is 1. The van der Waals surface area contributed by atoms with Crippen molar-refractivity contribution in [2.75, 3.05) is 5.32 Å². The van der Waals surface area contributed by atoms with Gasteiger partial charge in [-0.2, -0.15) is 13.2 Å². The second kappa shape index (κ2) is 8.71. The summed E-state index contributed by atoms with van der Waals surface area (Å²) in [5.41, 5.74) is 3.31. The molecule has 0 atom stereocenters. The van der Waals surface area contributed by atoms with E-state index in [0.717, 1.165) is 22.3 Å². The van der Waals surface area contributed by atoms with Crippen molar-refractivity contribution in [2.24, 2.45) is 0 Å². The number of anilines is 1. The molecule has 0 saturated carbocycles. The lowest BCUT2D eigenvalue weighted by Gasteiger charge is -2.37. The Kier molecular flexibility index (Phi) is 5.82. The molecule has 0 heterocycles. The lowest BCUT2D eigenvalue weighted by atomic mass is 9.65. The summed E-state index contributed by atoms with van der Waals surface area (Å²) in [6.07, 6.45) is -4.94. The third-order valence-corrected chi connectivity index (χ3v) is 5.45. The molecule has 0 aromatic heterocycles. The van der Waals surface area contributed by atoms with Crippen LogP contribution >= 0.6 is 0 Å². The number of halogens is 3. The summed E-state index contributed by atoms with van der Waals surface area (Å²) < 4.78 is 38.0. The van der Waals surface area contributed by atoms with E-state index in [-0.39, 0.29) is 5.69 Å². The van der Waals surface area contributed by atoms with Gasteiger partial charge in [0, 0.05) is 5.69 Å². The van der Waals surface area contributed by atoms with E-state index in [0.29, 0.717) is 0 Å². The smallest absolute Gasteiger partial charge is 0.318 e. The molecule has 4 aromatic carbocycles. The van der Waals surface area contributed by atoms with E-state index in [4.69, 9.17) is 0 Å². The molecule has 1 N–H and O–H groups in total. The predicted molar refractivity (Wildman–Crippen MR) is 119 cm³/mol. The molecule has 4 aromatic rings. The minimum atomic E-state index is -4.94. The normalized spacial score (nSPS) is 11.7. The van der Waals surface area contributed by atoms with E-state index in [2.05, 4.69) is 0 Å². The number of hydrogen-bond acceptors (Lipinski definition) is 1. The van der Waals surface area contributed by atoms with Gasteiger partial charge in [0.2, 0.25) is 0 Å². The first-order chi connectivity index (χ1) is 15.4. The number of carbonyl (C=O) groups is 1. The Bertz CT molecular complexity index is 1080. The Morgan fingerprint density at radius 2 is 0.875 bits per heavy atom. The Morgan fingerprint density at radius 1 is 0.531 bits per heavy atom. The lowest BCUT2D eigenvalue weighted by Crippen LogP contribution is -2.31. The number of alkyl halides is 3. The van der Waals surface area contributed by atoms with Gasteiger partial charge in [0.15, 0.2) is 0 Å². The number of benzene rings is 4. The Balaban J connectivity index is 1.92. The summed E-state index contributed by atoms with van der Waals surface area (Å²) in [7, 11) is 0. The highest BCUT2D eigenvalue weighted by atomic mass is 19.4. The summed E-state index contributed by atoms with van der Waals surface area (Å²) in [6.45, 7) is 0. The van der Waals surface area contributed by atoms with Crippen LogP contribution in [0.3, 0.4) is 0 Å². The predicted octanol–water partition coefficient (Wildman–Crippen LogP) is 6.57. The van der Waals surface area contributed by atoms with Crippen molar-refractivity contribution in [1.29, 1.82) is 0 Å².